The van der Waals surface area contributed by atoms with Crippen LogP contribution >= 0.6 is 0 Å². The van der Waals surface area contributed by atoms with E-state index in [1.54, 1.807) is 12.1 Å². The Morgan fingerprint density at radius 3 is 2.45 bits per heavy atom. The Labute approximate surface area is 132 Å². The number of hydrogen-bond donors (Lipinski definition) is 2. The average Bonchev–Trinajstić information content (AvgIpc) is 2.52. The van der Waals surface area contributed by atoms with Crippen molar-refractivity contribution in [2.75, 3.05) is 6.54 Å². The van der Waals surface area contributed by atoms with Crippen LogP contribution in [0.4, 0.5) is 5.69 Å². The average molecular weight is 306 g/mol. The molecule has 6 heteroatoms. The predicted molar refractivity (Wildman–Crippen MR) is 89.8 cm³/mol. The van der Waals surface area contributed by atoms with Crippen LogP contribution in [0.25, 0.3) is 0 Å². The van der Waals surface area contributed by atoms with Crippen LogP contribution in [0, 0.1) is 10.1 Å². The minimum Gasteiger partial charge on any atom is -0.370 e. The Hall–Kier alpha value is -2.11. The molecule has 0 radical (unpaired) electrons. The van der Waals surface area contributed by atoms with E-state index in [0.29, 0.717) is 12.5 Å². The van der Waals surface area contributed by atoms with E-state index in [1.165, 1.54) is 44.2 Å². The molecule has 122 valence electrons. The minimum absolute atomic E-state index is 0.0851. The SMILES string of the molecule is CCCCCCCCNC(N)=NCc1ccc([N+](=O)[O-])cc1. The Morgan fingerprint density at radius 1 is 1.18 bits per heavy atom. The third-order valence-electron chi connectivity index (χ3n) is 3.42. The number of nitro groups is 1. The van der Waals surface area contributed by atoms with Gasteiger partial charge in [0.05, 0.1) is 11.5 Å². The lowest BCUT2D eigenvalue weighted by Gasteiger charge is -2.05. The molecule has 0 aliphatic carbocycles. The summed E-state index contributed by atoms with van der Waals surface area (Å²) in [4.78, 5) is 14.4. The summed E-state index contributed by atoms with van der Waals surface area (Å²) in [6.07, 6.45) is 7.46. The van der Waals surface area contributed by atoms with E-state index in [4.69, 9.17) is 5.73 Å². The van der Waals surface area contributed by atoms with Crippen molar-refractivity contribution < 1.29 is 4.92 Å². The molecule has 0 heterocycles. The number of non-ortho nitro benzene ring substituents is 1. The van der Waals surface area contributed by atoms with Crippen LogP contribution in [-0.4, -0.2) is 17.4 Å². The molecule has 0 bridgehead atoms. The van der Waals surface area contributed by atoms with Crippen LogP contribution < -0.4 is 11.1 Å². The summed E-state index contributed by atoms with van der Waals surface area (Å²) in [5, 5.41) is 13.6. The van der Waals surface area contributed by atoms with E-state index < -0.39 is 4.92 Å². The zero-order valence-corrected chi connectivity index (χ0v) is 13.3. The van der Waals surface area contributed by atoms with Gasteiger partial charge in [0.1, 0.15) is 0 Å². The highest BCUT2D eigenvalue weighted by Gasteiger charge is 2.03. The summed E-state index contributed by atoms with van der Waals surface area (Å²) in [6.45, 7) is 3.47. The molecule has 0 fully saturated rings. The second-order valence-electron chi connectivity index (χ2n) is 5.32. The fraction of sp³-hybridized carbons (Fsp3) is 0.562. The lowest BCUT2D eigenvalue weighted by Crippen LogP contribution is -2.32. The molecule has 0 spiro atoms. The molecule has 1 rings (SSSR count). The van der Waals surface area contributed by atoms with Crippen LogP contribution in [0.15, 0.2) is 29.3 Å². The summed E-state index contributed by atoms with van der Waals surface area (Å²) in [6, 6.07) is 6.35. The maximum atomic E-state index is 10.6. The van der Waals surface area contributed by atoms with Gasteiger partial charge < -0.3 is 11.1 Å². The number of rotatable bonds is 10. The number of hydrogen-bond acceptors (Lipinski definition) is 3. The number of nitro benzene ring substituents is 1. The number of unbranched alkanes of at least 4 members (excludes halogenated alkanes) is 5. The third-order valence-corrected chi connectivity index (χ3v) is 3.42. The van der Waals surface area contributed by atoms with Gasteiger partial charge in [-0.05, 0) is 12.0 Å². The Kier molecular flexibility index (Phi) is 8.64. The largest absolute Gasteiger partial charge is 0.370 e. The number of nitrogens with two attached hydrogens (primary N) is 1. The van der Waals surface area contributed by atoms with Crippen LogP contribution in [0.2, 0.25) is 0 Å². The zero-order chi connectivity index (χ0) is 16.2. The van der Waals surface area contributed by atoms with Crippen molar-refractivity contribution in [1.29, 1.82) is 0 Å². The van der Waals surface area contributed by atoms with Crippen LogP contribution in [-0.2, 0) is 6.54 Å². The molecule has 6 nitrogen and oxygen atoms in total. The van der Waals surface area contributed by atoms with E-state index in [1.807, 2.05) is 0 Å². The number of nitrogens with one attached hydrogen (secondary N) is 1. The molecule has 0 atom stereocenters. The van der Waals surface area contributed by atoms with E-state index in [0.717, 1.165) is 18.5 Å². The third kappa shape index (κ3) is 7.61. The van der Waals surface area contributed by atoms with Crippen molar-refractivity contribution in [3.8, 4) is 0 Å². The normalized spacial score (nSPS) is 11.4. The topological polar surface area (TPSA) is 93.5 Å². The van der Waals surface area contributed by atoms with Crippen molar-refractivity contribution in [3.63, 3.8) is 0 Å². The van der Waals surface area contributed by atoms with E-state index in [9.17, 15) is 10.1 Å². The molecular formula is C16H26N4O2. The quantitative estimate of drug-likeness (QED) is 0.228. The molecule has 0 aliphatic heterocycles. The van der Waals surface area contributed by atoms with Gasteiger partial charge in [-0.1, -0.05) is 51.2 Å². The molecule has 1 aromatic rings. The van der Waals surface area contributed by atoms with Crippen molar-refractivity contribution in [2.24, 2.45) is 10.7 Å². The van der Waals surface area contributed by atoms with Crippen molar-refractivity contribution in [3.05, 3.63) is 39.9 Å². The Morgan fingerprint density at radius 2 is 1.82 bits per heavy atom. The fourth-order valence-electron chi connectivity index (χ4n) is 2.08. The van der Waals surface area contributed by atoms with Crippen LogP contribution in [0.3, 0.4) is 0 Å². The van der Waals surface area contributed by atoms with Gasteiger partial charge in [-0.3, -0.25) is 10.1 Å². The highest BCUT2D eigenvalue weighted by molar-refractivity contribution is 5.77. The summed E-state index contributed by atoms with van der Waals surface area (Å²) in [5.74, 6) is 0.423. The zero-order valence-electron chi connectivity index (χ0n) is 13.3. The van der Waals surface area contributed by atoms with Crippen LogP contribution in [0.5, 0.6) is 0 Å². The molecule has 0 aliphatic rings. The molecule has 0 aromatic heterocycles. The summed E-state index contributed by atoms with van der Waals surface area (Å²) >= 11 is 0. The molecule has 0 saturated heterocycles. The lowest BCUT2D eigenvalue weighted by molar-refractivity contribution is -0.384. The molecule has 22 heavy (non-hydrogen) atoms. The standard InChI is InChI=1S/C16H26N4O2/c1-2-3-4-5-6-7-12-18-16(17)19-13-14-8-10-15(11-9-14)20(21)22/h8-11H,2-7,12-13H2,1H3,(H3,17,18,19). The first-order valence-corrected chi connectivity index (χ1v) is 7.90. The summed E-state index contributed by atoms with van der Waals surface area (Å²) < 4.78 is 0. The maximum Gasteiger partial charge on any atom is 0.269 e. The van der Waals surface area contributed by atoms with Gasteiger partial charge in [0.15, 0.2) is 5.96 Å². The van der Waals surface area contributed by atoms with Crippen molar-refractivity contribution in [1.82, 2.24) is 5.32 Å². The van der Waals surface area contributed by atoms with Crippen molar-refractivity contribution >= 4 is 11.6 Å². The number of aliphatic imine (C=N–C) groups is 1. The van der Waals surface area contributed by atoms with E-state index in [2.05, 4.69) is 17.2 Å². The van der Waals surface area contributed by atoms with Crippen LogP contribution in [0.1, 0.15) is 51.0 Å². The minimum atomic E-state index is -0.413. The second-order valence-corrected chi connectivity index (χ2v) is 5.32. The molecular weight excluding hydrogens is 280 g/mol. The van der Waals surface area contributed by atoms with Gasteiger partial charge in [0.2, 0.25) is 0 Å². The highest BCUT2D eigenvalue weighted by Crippen LogP contribution is 2.12. The Balaban J connectivity index is 2.20. The lowest BCUT2D eigenvalue weighted by atomic mass is 10.1. The van der Waals surface area contributed by atoms with Gasteiger partial charge in [-0.15, -0.1) is 0 Å². The molecule has 3 N–H and O–H groups in total. The number of benzene rings is 1. The molecule has 1 aromatic carbocycles. The molecule has 0 amide bonds. The fourth-order valence-corrected chi connectivity index (χ4v) is 2.08. The first kappa shape index (κ1) is 17.9. The van der Waals surface area contributed by atoms with Gasteiger partial charge in [-0.2, -0.15) is 0 Å². The number of guanidine groups is 1. The van der Waals surface area contributed by atoms with Gasteiger partial charge in [0, 0.05) is 18.7 Å². The van der Waals surface area contributed by atoms with Gasteiger partial charge in [0.25, 0.3) is 5.69 Å². The molecule has 0 unspecified atom stereocenters. The molecule has 0 saturated carbocycles. The smallest absolute Gasteiger partial charge is 0.269 e. The number of nitrogens with zero attached hydrogens (tertiary/aromatic N) is 2. The first-order chi connectivity index (χ1) is 10.6. The summed E-state index contributed by atoms with van der Waals surface area (Å²) in [5.41, 5.74) is 6.78. The summed E-state index contributed by atoms with van der Waals surface area (Å²) in [7, 11) is 0. The van der Waals surface area contributed by atoms with Gasteiger partial charge in [-0.25, -0.2) is 4.99 Å². The highest BCUT2D eigenvalue weighted by atomic mass is 16.6. The Bertz CT molecular complexity index is 472. The van der Waals surface area contributed by atoms with E-state index >= 15 is 0 Å². The van der Waals surface area contributed by atoms with E-state index in [-0.39, 0.29) is 5.69 Å². The monoisotopic (exact) mass is 306 g/mol. The van der Waals surface area contributed by atoms with Gasteiger partial charge >= 0.3 is 0 Å². The predicted octanol–water partition coefficient (Wildman–Crippen LogP) is 3.36. The van der Waals surface area contributed by atoms with Crippen molar-refractivity contribution in [2.45, 2.75) is 52.0 Å². The second kappa shape index (κ2) is 10.6. The maximum absolute atomic E-state index is 10.6. The first-order valence-electron chi connectivity index (χ1n) is 7.90.